The summed E-state index contributed by atoms with van der Waals surface area (Å²) in [6.45, 7) is 0. The van der Waals surface area contributed by atoms with Crippen LogP contribution in [0.25, 0.3) is 0 Å². The van der Waals surface area contributed by atoms with Gasteiger partial charge in [0.05, 0.1) is 23.2 Å². The Morgan fingerprint density at radius 2 is 1.52 bits per heavy atom. The molecule has 4 atom stereocenters. The molecule has 2 fully saturated rings. The number of carbonyl (C=O) groups is 3. The van der Waals surface area contributed by atoms with E-state index in [1.807, 2.05) is 0 Å². The zero-order valence-corrected chi connectivity index (χ0v) is 15.4. The van der Waals surface area contributed by atoms with Gasteiger partial charge in [-0.2, -0.15) is 0 Å². The fourth-order valence-electron chi connectivity index (χ4n) is 4.71. The zero-order chi connectivity index (χ0) is 20.1. The summed E-state index contributed by atoms with van der Waals surface area (Å²) in [4.78, 5) is 39.1. The number of hydrogen-bond acceptors (Lipinski definition) is 4. The van der Waals surface area contributed by atoms with Crippen molar-refractivity contribution < 1.29 is 19.5 Å². The number of phenolic OH excluding ortho intramolecular Hbond substituents is 1. The highest BCUT2D eigenvalue weighted by atomic mass is 16.3. The van der Waals surface area contributed by atoms with Gasteiger partial charge < -0.3 is 15.7 Å². The standard InChI is InChI=1S/C22H19N3O4/c26-17-4-2-1-3-16(17)24-22(29)23-14-7-9-15(10-8-14)25-20(27)18-12-5-6-13(11-12)19(18)21(25)28/h1-10,12-13,18-19,26H,11H2,(H2,23,24,29)/t12-,13-,18-,19+/m0/s1. The van der Waals surface area contributed by atoms with Crippen LogP contribution in [0.2, 0.25) is 0 Å². The Balaban J connectivity index is 1.29. The van der Waals surface area contributed by atoms with Crippen molar-refractivity contribution in [3.05, 3.63) is 60.7 Å². The first-order valence-corrected chi connectivity index (χ1v) is 9.55. The molecule has 5 rings (SSSR count). The van der Waals surface area contributed by atoms with Gasteiger partial charge >= 0.3 is 6.03 Å². The van der Waals surface area contributed by atoms with Gasteiger partial charge in [0.2, 0.25) is 11.8 Å². The number of rotatable bonds is 3. The lowest BCUT2D eigenvalue weighted by Crippen LogP contribution is -2.32. The number of anilines is 3. The molecule has 2 aromatic rings. The fourth-order valence-corrected chi connectivity index (χ4v) is 4.71. The van der Waals surface area contributed by atoms with Gasteiger partial charge in [0, 0.05) is 5.69 Å². The molecular weight excluding hydrogens is 370 g/mol. The molecule has 3 N–H and O–H groups in total. The fraction of sp³-hybridized carbons (Fsp3) is 0.227. The predicted molar refractivity (Wildman–Crippen MR) is 107 cm³/mol. The van der Waals surface area contributed by atoms with Crippen LogP contribution in [0.3, 0.4) is 0 Å². The third-order valence-corrected chi connectivity index (χ3v) is 6.01. The van der Waals surface area contributed by atoms with Crippen molar-refractivity contribution in [1.82, 2.24) is 0 Å². The number of urea groups is 1. The first-order valence-electron chi connectivity index (χ1n) is 9.55. The Labute approximate surface area is 167 Å². The van der Waals surface area contributed by atoms with E-state index in [1.165, 1.54) is 11.0 Å². The maximum atomic E-state index is 12.9. The van der Waals surface area contributed by atoms with Gasteiger partial charge in [-0.1, -0.05) is 24.3 Å². The highest BCUT2D eigenvalue weighted by Gasteiger charge is 2.59. The van der Waals surface area contributed by atoms with Crippen molar-refractivity contribution >= 4 is 34.9 Å². The van der Waals surface area contributed by atoms with E-state index in [1.54, 1.807) is 42.5 Å². The SMILES string of the molecule is O=C(Nc1ccc(N2C(=O)[C@@H]3[C@H](C2=O)[C@H]2C=C[C@H]3C2)cc1)Nc1ccccc1O. The van der Waals surface area contributed by atoms with Crippen molar-refractivity contribution in [2.24, 2.45) is 23.7 Å². The van der Waals surface area contributed by atoms with Crippen LogP contribution in [0.15, 0.2) is 60.7 Å². The number of phenols is 1. The molecule has 2 bridgehead atoms. The van der Waals surface area contributed by atoms with Crippen LogP contribution in [-0.4, -0.2) is 23.0 Å². The lowest BCUT2D eigenvalue weighted by molar-refractivity contribution is -0.123. The van der Waals surface area contributed by atoms with E-state index in [0.717, 1.165) is 6.42 Å². The molecule has 1 saturated carbocycles. The normalized spacial score (nSPS) is 26.7. The van der Waals surface area contributed by atoms with Gasteiger partial charge in [0.25, 0.3) is 0 Å². The molecule has 29 heavy (non-hydrogen) atoms. The molecule has 146 valence electrons. The number of nitrogens with zero attached hydrogens (tertiary/aromatic N) is 1. The molecular formula is C22H19N3O4. The molecule has 7 heteroatoms. The smallest absolute Gasteiger partial charge is 0.323 e. The van der Waals surface area contributed by atoms with E-state index in [4.69, 9.17) is 0 Å². The second-order valence-electron chi connectivity index (χ2n) is 7.65. The molecule has 4 amide bonds. The number of aromatic hydroxyl groups is 1. The lowest BCUT2D eigenvalue weighted by atomic mass is 9.85. The number of amides is 4. The largest absolute Gasteiger partial charge is 0.506 e. The van der Waals surface area contributed by atoms with Crippen molar-refractivity contribution in [3.63, 3.8) is 0 Å². The average Bonchev–Trinajstić information content (AvgIpc) is 3.38. The average molecular weight is 389 g/mol. The topological polar surface area (TPSA) is 98.7 Å². The van der Waals surface area contributed by atoms with E-state index in [2.05, 4.69) is 22.8 Å². The number of nitrogens with one attached hydrogen (secondary N) is 2. The number of allylic oxidation sites excluding steroid dienone is 2. The van der Waals surface area contributed by atoms with E-state index in [0.29, 0.717) is 17.1 Å². The Kier molecular flexibility index (Phi) is 3.91. The van der Waals surface area contributed by atoms with Crippen LogP contribution >= 0.6 is 0 Å². The van der Waals surface area contributed by atoms with Crippen molar-refractivity contribution in [2.75, 3.05) is 15.5 Å². The molecule has 3 aliphatic rings. The first-order chi connectivity index (χ1) is 14.0. The molecule has 7 nitrogen and oxygen atoms in total. The molecule has 1 aliphatic heterocycles. The number of benzene rings is 2. The van der Waals surface area contributed by atoms with Gasteiger partial charge in [-0.05, 0) is 54.7 Å². The number of hydrogen-bond donors (Lipinski definition) is 3. The number of para-hydroxylation sites is 2. The van der Waals surface area contributed by atoms with Gasteiger partial charge in [-0.25, -0.2) is 4.79 Å². The van der Waals surface area contributed by atoms with Crippen molar-refractivity contribution in [3.8, 4) is 5.75 Å². The van der Waals surface area contributed by atoms with Crippen LogP contribution in [0.5, 0.6) is 5.75 Å². The maximum absolute atomic E-state index is 12.9. The lowest BCUT2D eigenvalue weighted by Gasteiger charge is -2.17. The monoisotopic (exact) mass is 389 g/mol. The molecule has 0 radical (unpaired) electrons. The number of carbonyl (C=O) groups excluding carboxylic acids is 3. The highest BCUT2D eigenvalue weighted by Crippen LogP contribution is 2.53. The summed E-state index contributed by atoms with van der Waals surface area (Å²) in [5.41, 5.74) is 1.31. The van der Waals surface area contributed by atoms with Gasteiger partial charge in [0.1, 0.15) is 5.75 Å². The third-order valence-electron chi connectivity index (χ3n) is 6.01. The van der Waals surface area contributed by atoms with Crippen LogP contribution < -0.4 is 15.5 Å². The summed E-state index contributed by atoms with van der Waals surface area (Å²) >= 11 is 0. The van der Waals surface area contributed by atoms with Crippen molar-refractivity contribution in [1.29, 1.82) is 0 Å². The van der Waals surface area contributed by atoms with E-state index in [9.17, 15) is 19.5 Å². The summed E-state index contributed by atoms with van der Waals surface area (Å²) in [7, 11) is 0. The predicted octanol–water partition coefficient (Wildman–Crippen LogP) is 3.35. The highest BCUT2D eigenvalue weighted by molar-refractivity contribution is 6.22. The van der Waals surface area contributed by atoms with Crippen LogP contribution in [-0.2, 0) is 9.59 Å². The van der Waals surface area contributed by atoms with E-state index in [-0.39, 0.29) is 41.2 Å². The molecule has 0 spiro atoms. The van der Waals surface area contributed by atoms with Gasteiger partial charge in [-0.15, -0.1) is 0 Å². The van der Waals surface area contributed by atoms with E-state index < -0.39 is 6.03 Å². The first kappa shape index (κ1) is 17.5. The maximum Gasteiger partial charge on any atom is 0.323 e. The minimum atomic E-state index is -0.509. The summed E-state index contributed by atoms with van der Waals surface area (Å²) in [6.07, 6.45) is 5.03. The molecule has 1 saturated heterocycles. The summed E-state index contributed by atoms with van der Waals surface area (Å²) in [6, 6.07) is 12.5. The van der Waals surface area contributed by atoms with Crippen LogP contribution in [0.1, 0.15) is 6.42 Å². The zero-order valence-electron chi connectivity index (χ0n) is 15.4. The molecule has 2 aromatic carbocycles. The third kappa shape index (κ3) is 2.77. The van der Waals surface area contributed by atoms with Crippen LogP contribution in [0.4, 0.5) is 21.9 Å². The van der Waals surface area contributed by atoms with Gasteiger partial charge in [-0.3, -0.25) is 14.5 Å². The summed E-state index contributed by atoms with van der Waals surface area (Å²) in [5, 5.41) is 14.9. The Morgan fingerprint density at radius 3 is 2.14 bits per heavy atom. The number of imide groups is 1. The summed E-state index contributed by atoms with van der Waals surface area (Å²) < 4.78 is 0. The molecule has 2 aliphatic carbocycles. The second kappa shape index (κ2) is 6.48. The van der Waals surface area contributed by atoms with E-state index >= 15 is 0 Å². The van der Waals surface area contributed by atoms with Crippen molar-refractivity contribution in [2.45, 2.75) is 6.42 Å². The Bertz CT molecular complexity index is 1020. The van der Waals surface area contributed by atoms with Crippen LogP contribution in [0, 0.1) is 23.7 Å². The molecule has 0 aromatic heterocycles. The Hall–Kier alpha value is -3.61. The Morgan fingerprint density at radius 1 is 0.897 bits per heavy atom. The quantitative estimate of drug-likeness (QED) is 0.426. The minimum absolute atomic E-state index is 0.0296. The second-order valence-corrected chi connectivity index (χ2v) is 7.65. The molecule has 1 heterocycles. The summed E-state index contributed by atoms with van der Waals surface area (Å²) in [5.74, 6) is -0.419. The number of fused-ring (bicyclic) bond motifs is 5. The van der Waals surface area contributed by atoms with Gasteiger partial charge in [0.15, 0.2) is 0 Å². The minimum Gasteiger partial charge on any atom is -0.506 e. The molecule has 0 unspecified atom stereocenters.